The molecule has 1 heterocycles. The van der Waals surface area contributed by atoms with Crippen LogP contribution in [0, 0.1) is 0 Å². The summed E-state index contributed by atoms with van der Waals surface area (Å²) in [5, 5.41) is 2.73. The number of aromatic nitrogens is 1. The second-order valence-corrected chi connectivity index (χ2v) is 8.70. The van der Waals surface area contributed by atoms with Crippen LogP contribution in [0.1, 0.15) is 10.4 Å². The molecule has 0 spiro atoms. The van der Waals surface area contributed by atoms with Crippen molar-refractivity contribution < 1.29 is 27.5 Å². The first-order chi connectivity index (χ1) is 13.3. The molecule has 1 aromatic heterocycles. The maximum atomic E-state index is 12.4. The van der Waals surface area contributed by atoms with Gasteiger partial charge in [-0.15, -0.1) is 0 Å². The number of sulfone groups is 1. The molecular weight excluding hydrogens is 404 g/mol. The van der Waals surface area contributed by atoms with Gasteiger partial charge in [0.25, 0.3) is 0 Å². The summed E-state index contributed by atoms with van der Waals surface area (Å²) in [5.74, 6) is -1.39. The zero-order chi connectivity index (χ0) is 20.3. The Morgan fingerprint density at radius 2 is 1.82 bits per heavy atom. The van der Waals surface area contributed by atoms with Gasteiger partial charge >= 0.3 is 5.97 Å². The van der Waals surface area contributed by atoms with Crippen molar-refractivity contribution in [3.8, 4) is 5.75 Å². The first-order valence-electron chi connectivity index (χ1n) is 7.98. The Morgan fingerprint density at radius 1 is 1.11 bits per heavy atom. The van der Waals surface area contributed by atoms with Crippen LogP contribution >= 0.6 is 11.3 Å². The summed E-state index contributed by atoms with van der Waals surface area (Å²) < 4.78 is 35.1. The Bertz CT molecular complexity index is 1140. The number of hydrogen-bond donors (Lipinski definition) is 1. The number of methoxy groups -OCH3 is 2. The Labute approximate surface area is 165 Å². The topological polar surface area (TPSA) is 112 Å². The quantitative estimate of drug-likeness (QED) is 0.610. The molecule has 0 saturated heterocycles. The summed E-state index contributed by atoms with van der Waals surface area (Å²) in [6, 6.07) is 10.6. The molecule has 0 atom stereocenters. The Kier molecular flexibility index (Phi) is 5.61. The normalized spacial score (nSPS) is 11.2. The molecular formula is C18H16N2O6S2. The number of ether oxygens (including phenoxy) is 2. The summed E-state index contributed by atoms with van der Waals surface area (Å²) in [4.78, 5) is 28.0. The van der Waals surface area contributed by atoms with E-state index in [4.69, 9.17) is 4.74 Å². The fourth-order valence-corrected chi connectivity index (χ4v) is 4.47. The van der Waals surface area contributed by atoms with Crippen LogP contribution in [-0.2, 0) is 19.4 Å². The standard InChI is InChI=1S/C18H16N2O6S2/c1-25-12-4-6-13(7-5-12)28(23,24)10-16(21)20-18-19-14-8-3-11(17(22)26-2)9-15(14)27-18/h3-9H,10H2,1-2H3,(H,19,20,21). The van der Waals surface area contributed by atoms with Crippen LogP contribution in [0.4, 0.5) is 5.13 Å². The van der Waals surface area contributed by atoms with Crippen molar-refractivity contribution in [2.24, 2.45) is 0 Å². The number of carbonyl (C=O) groups is 2. The lowest BCUT2D eigenvalue weighted by atomic mass is 10.2. The maximum Gasteiger partial charge on any atom is 0.337 e. The van der Waals surface area contributed by atoms with Gasteiger partial charge in [-0.1, -0.05) is 11.3 Å². The average molecular weight is 420 g/mol. The van der Waals surface area contributed by atoms with E-state index >= 15 is 0 Å². The summed E-state index contributed by atoms with van der Waals surface area (Å²) in [5.41, 5.74) is 0.935. The number of anilines is 1. The Hall–Kier alpha value is -2.98. The predicted octanol–water partition coefficient (Wildman–Crippen LogP) is 2.50. The highest BCUT2D eigenvalue weighted by Gasteiger charge is 2.20. The molecule has 0 bridgehead atoms. The monoisotopic (exact) mass is 420 g/mol. The summed E-state index contributed by atoms with van der Waals surface area (Å²) >= 11 is 1.13. The van der Waals surface area contributed by atoms with Gasteiger partial charge in [-0.05, 0) is 42.5 Å². The zero-order valence-corrected chi connectivity index (χ0v) is 16.6. The molecule has 1 amide bonds. The molecule has 2 aromatic carbocycles. The van der Waals surface area contributed by atoms with Crippen molar-refractivity contribution in [1.29, 1.82) is 0 Å². The van der Waals surface area contributed by atoms with Crippen molar-refractivity contribution in [3.05, 3.63) is 48.0 Å². The third-order valence-electron chi connectivity index (χ3n) is 3.80. The lowest BCUT2D eigenvalue weighted by molar-refractivity contribution is -0.113. The smallest absolute Gasteiger partial charge is 0.337 e. The van der Waals surface area contributed by atoms with Gasteiger partial charge in [-0.25, -0.2) is 18.2 Å². The van der Waals surface area contributed by atoms with Crippen LogP contribution in [0.2, 0.25) is 0 Å². The molecule has 0 aliphatic rings. The van der Waals surface area contributed by atoms with E-state index in [9.17, 15) is 18.0 Å². The lowest BCUT2D eigenvalue weighted by Crippen LogP contribution is -2.22. The van der Waals surface area contributed by atoms with Crippen molar-refractivity contribution in [1.82, 2.24) is 4.98 Å². The van der Waals surface area contributed by atoms with Gasteiger partial charge < -0.3 is 14.8 Å². The van der Waals surface area contributed by atoms with Crippen LogP contribution in [0.3, 0.4) is 0 Å². The molecule has 28 heavy (non-hydrogen) atoms. The molecule has 1 N–H and O–H groups in total. The second kappa shape index (κ2) is 7.95. The number of hydrogen-bond acceptors (Lipinski definition) is 8. The number of carbonyl (C=O) groups excluding carboxylic acids is 2. The number of nitrogens with zero attached hydrogens (tertiary/aromatic N) is 1. The molecule has 0 aliphatic carbocycles. The number of amides is 1. The fourth-order valence-electron chi connectivity index (χ4n) is 2.42. The van der Waals surface area contributed by atoms with Gasteiger partial charge in [-0.3, -0.25) is 4.79 Å². The molecule has 10 heteroatoms. The van der Waals surface area contributed by atoms with Crippen LogP contribution in [0.5, 0.6) is 5.75 Å². The van der Waals surface area contributed by atoms with E-state index in [1.807, 2.05) is 0 Å². The van der Waals surface area contributed by atoms with Gasteiger partial charge in [0.2, 0.25) is 5.91 Å². The predicted molar refractivity (Wildman–Crippen MR) is 105 cm³/mol. The molecule has 146 valence electrons. The van der Waals surface area contributed by atoms with E-state index in [1.165, 1.54) is 38.5 Å². The third kappa shape index (κ3) is 4.29. The van der Waals surface area contributed by atoms with Crippen LogP contribution in [-0.4, -0.2) is 45.3 Å². The Morgan fingerprint density at radius 3 is 2.46 bits per heavy atom. The SMILES string of the molecule is COC(=O)c1ccc2nc(NC(=O)CS(=O)(=O)c3ccc(OC)cc3)sc2c1. The van der Waals surface area contributed by atoms with E-state index in [1.54, 1.807) is 18.2 Å². The molecule has 0 unspecified atom stereocenters. The van der Waals surface area contributed by atoms with Crippen molar-refractivity contribution in [3.63, 3.8) is 0 Å². The van der Waals surface area contributed by atoms with Crippen LogP contribution in [0.25, 0.3) is 10.2 Å². The van der Waals surface area contributed by atoms with E-state index in [0.29, 0.717) is 21.5 Å². The first-order valence-corrected chi connectivity index (χ1v) is 10.4. The number of fused-ring (bicyclic) bond motifs is 1. The fraction of sp³-hybridized carbons (Fsp3) is 0.167. The minimum absolute atomic E-state index is 0.0236. The number of esters is 1. The van der Waals surface area contributed by atoms with Gasteiger partial charge in [0.1, 0.15) is 11.5 Å². The van der Waals surface area contributed by atoms with Crippen molar-refractivity contribution >= 4 is 48.4 Å². The number of benzene rings is 2. The van der Waals surface area contributed by atoms with Gasteiger partial charge in [0, 0.05) is 0 Å². The highest BCUT2D eigenvalue weighted by molar-refractivity contribution is 7.92. The summed E-state index contributed by atoms with van der Waals surface area (Å²) in [6.45, 7) is 0. The van der Waals surface area contributed by atoms with Crippen molar-refractivity contribution in [2.75, 3.05) is 25.3 Å². The highest BCUT2D eigenvalue weighted by atomic mass is 32.2. The lowest BCUT2D eigenvalue weighted by Gasteiger charge is -2.05. The van der Waals surface area contributed by atoms with Crippen molar-refractivity contribution in [2.45, 2.75) is 4.90 Å². The van der Waals surface area contributed by atoms with E-state index in [2.05, 4.69) is 15.0 Å². The van der Waals surface area contributed by atoms with Crippen LogP contribution < -0.4 is 10.1 Å². The second-order valence-electron chi connectivity index (χ2n) is 5.68. The summed E-state index contributed by atoms with van der Waals surface area (Å²) in [7, 11) is -1.05. The molecule has 8 nitrogen and oxygen atoms in total. The number of thiazole rings is 1. The highest BCUT2D eigenvalue weighted by Crippen LogP contribution is 2.27. The van der Waals surface area contributed by atoms with Gasteiger partial charge in [0.05, 0.1) is 34.9 Å². The molecule has 3 rings (SSSR count). The van der Waals surface area contributed by atoms with Crippen LogP contribution in [0.15, 0.2) is 47.4 Å². The van der Waals surface area contributed by atoms with Gasteiger partial charge in [0.15, 0.2) is 15.0 Å². The summed E-state index contributed by atoms with van der Waals surface area (Å²) in [6.07, 6.45) is 0. The molecule has 0 radical (unpaired) electrons. The minimum atomic E-state index is -3.81. The van der Waals surface area contributed by atoms with Gasteiger partial charge in [-0.2, -0.15) is 0 Å². The molecule has 0 fully saturated rings. The maximum absolute atomic E-state index is 12.4. The largest absolute Gasteiger partial charge is 0.497 e. The number of rotatable bonds is 6. The first kappa shape index (κ1) is 19.8. The minimum Gasteiger partial charge on any atom is -0.497 e. The molecule has 3 aromatic rings. The number of nitrogens with one attached hydrogen (secondary N) is 1. The van der Waals surface area contributed by atoms with E-state index < -0.39 is 27.5 Å². The average Bonchev–Trinajstić information content (AvgIpc) is 3.07. The van der Waals surface area contributed by atoms with E-state index in [-0.39, 0.29) is 10.0 Å². The zero-order valence-electron chi connectivity index (χ0n) is 15.0. The molecule has 0 aliphatic heterocycles. The molecule has 0 saturated carbocycles. The van der Waals surface area contributed by atoms with E-state index in [0.717, 1.165) is 11.3 Å². The Balaban J connectivity index is 1.74. The third-order valence-corrected chi connectivity index (χ3v) is 6.36.